The Bertz CT molecular complexity index is 1180. The highest BCUT2D eigenvalue weighted by molar-refractivity contribution is 5.73. The molecule has 258 valence electrons. The first-order valence-electron chi connectivity index (χ1n) is 12.8. The van der Waals surface area contributed by atoms with Crippen molar-refractivity contribution in [2.45, 2.75) is 50.6 Å². The monoisotopic (exact) mass is 681 g/mol. The van der Waals surface area contributed by atoms with Crippen LogP contribution in [0.2, 0.25) is 0 Å². The molecule has 3 N–H and O–H groups in total. The van der Waals surface area contributed by atoms with E-state index in [1.807, 2.05) is 43.0 Å². The predicted molar refractivity (Wildman–Crippen MR) is 136 cm³/mol. The molecule has 4 rings (SSSR count). The number of ether oxygens (including phenoxy) is 2. The van der Waals surface area contributed by atoms with Crippen LogP contribution in [-0.4, -0.2) is 99.0 Å². The van der Waals surface area contributed by atoms with Gasteiger partial charge in [-0.1, -0.05) is 6.07 Å². The summed E-state index contributed by atoms with van der Waals surface area (Å²) in [6.07, 6.45) is -5.34. The number of carboxylic acids is 3. The summed E-state index contributed by atoms with van der Waals surface area (Å²) in [6.45, 7) is 5.30. The van der Waals surface area contributed by atoms with Crippen LogP contribution in [0.5, 0.6) is 0 Å². The molecule has 2 atom stereocenters. The van der Waals surface area contributed by atoms with E-state index in [0.717, 1.165) is 45.7 Å². The molecule has 11 nitrogen and oxygen atoms in total. The first-order valence-corrected chi connectivity index (χ1v) is 12.8. The molecule has 2 aromatic heterocycles. The zero-order valence-electron chi connectivity index (χ0n) is 23.5. The van der Waals surface area contributed by atoms with Gasteiger partial charge < -0.3 is 24.8 Å². The van der Waals surface area contributed by atoms with Crippen molar-refractivity contribution in [2.75, 3.05) is 26.3 Å². The Morgan fingerprint density at radius 3 is 1.83 bits per heavy atom. The fourth-order valence-corrected chi connectivity index (χ4v) is 4.08. The average molecular weight is 682 g/mol. The molecule has 0 radical (unpaired) electrons. The topological polar surface area (TPSA) is 159 Å². The lowest BCUT2D eigenvalue weighted by Crippen LogP contribution is -2.51. The van der Waals surface area contributed by atoms with Gasteiger partial charge in [0.05, 0.1) is 19.3 Å². The smallest absolute Gasteiger partial charge is 0.475 e. The van der Waals surface area contributed by atoms with Crippen LogP contribution >= 0.6 is 0 Å². The number of rotatable bonds is 6. The highest BCUT2D eigenvalue weighted by Gasteiger charge is 2.48. The Hall–Kier alpha value is -4.04. The van der Waals surface area contributed by atoms with Gasteiger partial charge in [0.2, 0.25) is 0 Å². The zero-order valence-corrected chi connectivity index (χ0v) is 23.5. The summed E-state index contributed by atoms with van der Waals surface area (Å²) < 4.78 is 107. The number of alkyl halides is 9. The number of nitrogens with zero attached hydrogens (tertiary/aromatic N) is 3. The normalized spacial score (nSPS) is 19.5. The number of carboxylic acid groups (broad SMARTS) is 3. The molecule has 0 aromatic carbocycles. The molecular weight excluding hydrogens is 653 g/mol. The Labute approximate surface area is 254 Å². The molecule has 20 heteroatoms. The van der Waals surface area contributed by atoms with Crippen LogP contribution < -0.4 is 0 Å². The molecule has 0 amide bonds. The van der Waals surface area contributed by atoms with Gasteiger partial charge in [-0.3, -0.25) is 14.9 Å². The largest absolute Gasteiger partial charge is 0.490 e. The highest BCUT2D eigenvalue weighted by Crippen LogP contribution is 2.41. The van der Waals surface area contributed by atoms with Crippen molar-refractivity contribution in [1.82, 2.24) is 14.9 Å². The number of likely N-dealkylation sites (tertiary alicyclic amines) is 1. The minimum absolute atomic E-state index is 0.119. The van der Waals surface area contributed by atoms with Crippen molar-refractivity contribution >= 4 is 17.9 Å². The fraction of sp³-hybridized carbons (Fsp3) is 0.500. The van der Waals surface area contributed by atoms with Gasteiger partial charge in [-0.2, -0.15) is 39.5 Å². The molecule has 0 spiro atoms. The maximum absolute atomic E-state index is 10.6. The van der Waals surface area contributed by atoms with Crippen LogP contribution in [0, 0.1) is 5.41 Å². The second kappa shape index (κ2) is 17.6. The van der Waals surface area contributed by atoms with E-state index in [4.69, 9.17) is 39.2 Å². The SMILES string of the molecule is O=C(O)C(F)(F)F.O=C(O)C(F)(F)F.O=C(O)C(F)(F)F.c1cncc(CN2CC[C@H]3OCC[C@@]3(COCc3ccncc3)C2)c1. The van der Waals surface area contributed by atoms with E-state index in [1.54, 1.807) is 0 Å². The summed E-state index contributed by atoms with van der Waals surface area (Å²) >= 11 is 0. The summed E-state index contributed by atoms with van der Waals surface area (Å²) in [6, 6.07) is 8.18. The lowest BCUT2D eigenvalue weighted by atomic mass is 9.77. The van der Waals surface area contributed by atoms with E-state index in [2.05, 4.69) is 20.9 Å². The van der Waals surface area contributed by atoms with Crippen molar-refractivity contribution in [3.05, 3.63) is 60.2 Å². The Morgan fingerprint density at radius 1 is 0.848 bits per heavy atom. The average Bonchev–Trinajstić information content (AvgIpc) is 3.37. The maximum atomic E-state index is 10.6. The number of carbonyl (C=O) groups is 3. The first-order chi connectivity index (χ1) is 21.2. The molecule has 0 saturated carbocycles. The van der Waals surface area contributed by atoms with Crippen molar-refractivity contribution in [1.29, 1.82) is 0 Å². The summed E-state index contributed by atoms with van der Waals surface area (Å²) in [5.74, 6) is -8.27. The van der Waals surface area contributed by atoms with Crippen LogP contribution in [-0.2, 0) is 37.0 Å². The summed E-state index contributed by atoms with van der Waals surface area (Å²) in [7, 11) is 0. The molecule has 0 unspecified atom stereocenters. The van der Waals surface area contributed by atoms with E-state index in [0.29, 0.717) is 12.7 Å². The molecule has 2 aliphatic heterocycles. The number of halogens is 9. The summed E-state index contributed by atoms with van der Waals surface area (Å²) in [4.78, 5) is 37.5. The molecule has 2 saturated heterocycles. The third kappa shape index (κ3) is 14.8. The van der Waals surface area contributed by atoms with Gasteiger partial charge in [0.1, 0.15) is 0 Å². The molecular formula is C26H28F9N3O8. The standard InChI is InChI=1S/C20H25N3O2.3C2HF3O2/c1-2-18(12-22-7-1)13-23-10-5-19-20(15-23,6-11-25-19)16-24-14-17-3-8-21-9-4-17;3*3-2(4,5)1(6)7/h1-4,7-9,12,19H,5-6,10-11,13-16H2;3*(H,6,7)/t19-,20+;;;/m1.../s1. The second-order valence-corrected chi connectivity index (χ2v) is 9.59. The lowest BCUT2D eigenvalue weighted by molar-refractivity contribution is -0.193. The minimum atomic E-state index is -5.08. The van der Waals surface area contributed by atoms with Crippen molar-refractivity contribution in [3.63, 3.8) is 0 Å². The van der Waals surface area contributed by atoms with Crippen LogP contribution in [0.1, 0.15) is 24.0 Å². The molecule has 0 bridgehead atoms. The Morgan fingerprint density at radius 2 is 1.37 bits per heavy atom. The van der Waals surface area contributed by atoms with Gasteiger partial charge in [0.25, 0.3) is 0 Å². The van der Waals surface area contributed by atoms with E-state index in [-0.39, 0.29) is 5.41 Å². The van der Waals surface area contributed by atoms with Gasteiger partial charge in [0.15, 0.2) is 0 Å². The summed E-state index contributed by atoms with van der Waals surface area (Å²) in [5.41, 5.74) is 2.56. The number of aromatic nitrogens is 2. The number of hydrogen-bond acceptors (Lipinski definition) is 8. The second-order valence-electron chi connectivity index (χ2n) is 9.59. The van der Waals surface area contributed by atoms with Gasteiger partial charge in [-0.05, 0) is 42.2 Å². The van der Waals surface area contributed by atoms with Crippen LogP contribution in [0.3, 0.4) is 0 Å². The molecule has 46 heavy (non-hydrogen) atoms. The molecule has 2 fully saturated rings. The molecule has 0 aliphatic carbocycles. The fourth-order valence-electron chi connectivity index (χ4n) is 4.08. The number of hydrogen-bond donors (Lipinski definition) is 3. The minimum Gasteiger partial charge on any atom is -0.475 e. The van der Waals surface area contributed by atoms with Crippen molar-refractivity contribution < 1.29 is 78.7 Å². The van der Waals surface area contributed by atoms with E-state index < -0.39 is 36.4 Å². The number of piperidine rings is 1. The number of aliphatic carboxylic acids is 3. The summed E-state index contributed by atoms with van der Waals surface area (Å²) in [5, 5.41) is 21.4. The molecule has 2 aromatic rings. The van der Waals surface area contributed by atoms with Crippen LogP contribution in [0.15, 0.2) is 49.1 Å². The third-order valence-corrected chi connectivity index (χ3v) is 6.11. The highest BCUT2D eigenvalue weighted by atomic mass is 19.4. The third-order valence-electron chi connectivity index (χ3n) is 6.11. The van der Waals surface area contributed by atoms with Crippen LogP contribution in [0.25, 0.3) is 0 Å². The van der Waals surface area contributed by atoms with Crippen molar-refractivity contribution in [3.8, 4) is 0 Å². The van der Waals surface area contributed by atoms with E-state index in [1.165, 1.54) is 11.1 Å². The molecule has 2 aliphatic rings. The van der Waals surface area contributed by atoms with Crippen molar-refractivity contribution in [2.24, 2.45) is 5.41 Å². The van der Waals surface area contributed by atoms with Gasteiger partial charge >= 0.3 is 36.4 Å². The van der Waals surface area contributed by atoms with Gasteiger partial charge in [-0.15, -0.1) is 0 Å². The quantitative estimate of drug-likeness (QED) is 0.367. The first kappa shape index (κ1) is 40.0. The lowest BCUT2D eigenvalue weighted by Gasteiger charge is -2.43. The zero-order chi connectivity index (χ0) is 35.2. The van der Waals surface area contributed by atoms with E-state index in [9.17, 15) is 39.5 Å². The Balaban J connectivity index is 0.000000413. The predicted octanol–water partition coefficient (Wildman–Crippen LogP) is 4.57. The van der Waals surface area contributed by atoms with Crippen LogP contribution in [0.4, 0.5) is 39.5 Å². The number of fused-ring (bicyclic) bond motifs is 1. The van der Waals surface area contributed by atoms with Gasteiger partial charge in [0, 0.05) is 56.4 Å². The number of pyridine rings is 2. The van der Waals surface area contributed by atoms with E-state index >= 15 is 0 Å². The molecule has 4 heterocycles. The Kier molecular flexibility index (Phi) is 15.3. The maximum Gasteiger partial charge on any atom is 0.490 e. The van der Waals surface area contributed by atoms with Gasteiger partial charge in [-0.25, -0.2) is 14.4 Å².